The Balaban J connectivity index is 1.70. The van der Waals surface area contributed by atoms with E-state index in [9.17, 15) is 9.59 Å². The van der Waals surface area contributed by atoms with Gasteiger partial charge in [-0.05, 0) is 82.2 Å². The van der Waals surface area contributed by atoms with Crippen LogP contribution in [-0.4, -0.2) is 35.9 Å². The standard InChI is InChI=1S/C32H33N3O5S/c1-8-40-31(37)28-20(4)33-32-35(29(28)22-11-14-25(38-6)26(16-22)39-7)30(36)27(41-32)17-23-15-19(3)34(21(23)5)24-12-9-18(2)10-13-24/h9-17,29H,8H2,1-7H3. The number of hydrogen-bond donors (Lipinski definition) is 0. The minimum atomic E-state index is -0.743. The highest BCUT2D eigenvalue weighted by Gasteiger charge is 2.34. The predicted octanol–water partition coefficient (Wildman–Crippen LogP) is 4.53. The van der Waals surface area contributed by atoms with E-state index in [2.05, 4.69) is 53.7 Å². The summed E-state index contributed by atoms with van der Waals surface area (Å²) in [6.07, 6.45) is 1.91. The van der Waals surface area contributed by atoms with Crippen LogP contribution in [0.4, 0.5) is 0 Å². The maximum atomic E-state index is 14.1. The van der Waals surface area contributed by atoms with Gasteiger partial charge < -0.3 is 18.8 Å². The summed E-state index contributed by atoms with van der Waals surface area (Å²) >= 11 is 1.30. The van der Waals surface area contributed by atoms with Crippen molar-refractivity contribution in [1.29, 1.82) is 0 Å². The fourth-order valence-electron chi connectivity index (χ4n) is 5.30. The molecule has 8 nitrogen and oxygen atoms in total. The number of aryl methyl sites for hydroxylation is 2. The Morgan fingerprint density at radius 2 is 1.71 bits per heavy atom. The van der Waals surface area contributed by atoms with E-state index < -0.39 is 12.0 Å². The van der Waals surface area contributed by atoms with Gasteiger partial charge in [0.05, 0.1) is 42.7 Å². The van der Waals surface area contributed by atoms with Crippen molar-refractivity contribution in [3.05, 3.63) is 108 Å². The van der Waals surface area contributed by atoms with Crippen LogP contribution in [-0.2, 0) is 9.53 Å². The van der Waals surface area contributed by atoms with Crippen molar-refractivity contribution in [2.24, 2.45) is 4.99 Å². The molecule has 0 saturated heterocycles. The highest BCUT2D eigenvalue weighted by Crippen LogP contribution is 2.36. The summed E-state index contributed by atoms with van der Waals surface area (Å²) in [5, 5.41) is 0. The molecule has 9 heteroatoms. The summed E-state index contributed by atoms with van der Waals surface area (Å²) in [5.74, 6) is 0.531. The zero-order chi connectivity index (χ0) is 29.4. The molecular weight excluding hydrogens is 538 g/mol. The van der Waals surface area contributed by atoms with E-state index in [4.69, 9.17) is 14.2 Å². The number of allylic oxidation sites excluding steroid dienone is 1. The van der Waals surface area contributed by atoms with Gasteiger partial charge in [-0.15, -0.1) is 0 Å². The van der Waals surface area contributed by atoms with Crippen LogP contribution in [0.25, 0.3) is 11.8 Å². The van der Waals surface area contributed by atoms with E-state index in [1.54, 1.807) is 44.8 Å². The molecule has 212 valence electrons. The second-order valence-corrected chi connectivity index (χ2v) is 10.9. The highest BCUT2D eigenvalue weighted by atomic mass is 32.1. The Morgan fingerprint density at radius 1 is 1.00 bits per heavy atom. The first kappa shape index (κ1) is 28.2. The number of rotatable bonds is 7. The largest absolute Gasteiger partial charge is 0.493 e. The summed E-state index contributed by atoms with van der Waals surface area (Å²) in [6.45, 7) is 9.89. The quantitative estimate of drug-likeness (QED) is 0.305. The van der Waals surface area contributed by atoms with Crippen molar-refractivity contribution < 1.29 is 19.0 Å². The van der Waals surface area contributed by atoms with Crippen molar-refractivity contribution in [1.82, 2.24) is 9.13 Å². The van der Waals surface area contributed by atoms with E-state index in [-0.39, 0.29) is 12.2 Å². The fraction of sp³-hybridized carbons (Fsp3) is 0.281. The minimum Gasteiger partial charge on any atom is -0.493 e. The molecule has 1 aliphatic rings. The fourth-order valence-corrected chi connectivity index (χ4v) is 6.33. The highest BCUT2D eigenvalue weighted by molar-refractivity contribution is 7.07. The van der Waals surface area contributed by atoms with E-state index in [1.165, 1.54) is 16.9 Å². The van der Waals surface area contributed by atoms with Gasteiger partial charge in [0.2, 0.25) is 0 Å². The normalized spacial score (nSPS) is 15.0. The third kappa shape index (κ3) is 5.02. The van der Waals surface area contributed by atoms with Crippen LogP contribution in [0.5, 0.6) is 11.5 Å². The smallest absolute Gasteiger partial charge is 0.338 e. The molecule has 0 saturated carbocycles. The molecule has 1 atom stereocenters. The summed E-state index contributed by atoms with van der Waals surface area (Å²) in [4.78, 5) is 32.5. The van der Waals surface area contributed by atoms with Crippen LogP contribution in [0, 0.1) is 20.8 Å². The summed E-state index contributed by atoms with van der Waals surface area (Å²) in [7, 11) is 3.11. The predicted molar refractivity (Wildman–Crippen MR) is 160 cm³/mol. The lowest BCUT2D eigenvalue weighted by molar-refractivity contribution is -0.139. The number of carbonyl (C=O) groups is 1. The third-order valence-electron chi connectivity index (χ3n) is 7.29. The Morgan fingerprint density at radius 3 is 2.37 bits per heavy atom. The number of methoxy groups -OCH3 is 2. The first-order valence-corrected chi connectivity index (χ1v) is 14.2. The summed E-state index contributed by atoms with van der Waals surface area (Å²) in [5.41, 5.74) is 6.56. The number of esters is 1. The average molecular weight is 572 g/mol. The number of aromatic nitrogens is 2. The van der Waals surface area contributed by atoms with E-state index in [0.29, 0.717) is 37.7 Å². The molecule has 1 aliphatic heterocycles. The Bertz CT molecular complexity index is 1860. The molecule has 0 aliphatic carbocycles. The van der Waals surface area contributed by atoms with Gasteiger partial charge >= 0.3 is 5.97 Å². The minimum absolute atomic E-state index is 0.204. The molecule has 0 radical (unpaired) electrons. The Hall–Kier alpha value is -4.37. The van der Waals surface area contributed by atoms with Gasteiger partial charge in [-0.2, -0.15) is 0 Å². The van der Waals surface area contributed by atoms with Crippen LogP contribution in [0.15, 0.2) is 69.6 Å². The molecule has 0 fully saturated rings. The van der Waals surface area contributed by atoms with Crippen LogP contribution >= 0.6 is 11.3 Å². The Labute approximate surface area is 242 Å². The molecule has 5 rings (SSSR count). The molecule has 0 N–H and O–H groups in total. The van der Waals surface area contributed by atoms with Gasteiger partial charge in [-0.3, -0.25) is 9.36 Å². The zero-order valence-electron chi connectivity index (χ0n) is 24.3. The van der Waals surface area contributed by atoms with Crippen LogP contribution in [0.1, 0.15) is 48.0 Å². The second-order valence-electron chi connectivity index (χ2n) is 9.91. The molecule has 0 bridgehead atoms. The first-order chi connectivity index (χ1) is 19.7. The zero-order valence-corrected chi connectivity index (χ0v) is 25.1. The second kappa shape index (κ2) is 11.2. The van der Waals surface area contributed by atoms with Crippen molar-refractivity contribution in [3.8, 4) is 17.2 Å². The summed E-state index contributed by atoms with van der Waals surface area (Å²) < 4.78 is 20.6. The monoisotopic (exact) mass is 571 g/mol. The lowest BCUT2D eigenvalue weighted by Crippen LogP contribution is -2.40. The van der Waals surface area contributed by atoms with Crippen LogP contribution in [0.3, 0.4) is 0 Å². The van der Waals surface area contributed by atoms with Crippen molar-refractivity contribution in [2.45, 2.75) is 40.7 Å². The lowest BCUT2D eigenvalue weighted by atomic mass is 9.95. The number of nitrogens with zero attached hydrogens (tertiary/aromatic N) is 3. The van der Waals surface area contributed by atoms with Gasteiger partial charge in [0, 0.05) is 17.1 Å². The first-order valence-electron chi connectivity index (χ1n) is 13.4. The molecule has 41 heavy (non-hydrogen) atoms. The van der Waals surface area contributed by atoms with Crippen LogP contribution < -0.4 is 24.4 Å². The van der Waals surface area contributed by atoms with E-state index in [0.717, 1.165) is 22.6 Å². The van der Waals surface area contributed by atoms with E-state index in [1.807, 2.05) is 19.1 Å². The van der Waals surface area contributed by atoms with Crippen molar-refractivity contribution in [2.75, 3.05) is 20.8 Å². The van der Waals surface area contributed by atoms with Gasteiger partial charge in [0.15, 0.2) is 16.3 Å². The number of hydrogen-bond acceptors (Lipinski definition) is 7. The van der Waals surface area contributed by atoms with Crippen molar-refractivity contribution >= 4 is 23.4 Å². The maximum absolute atomic E-state index is 14.1. The maximum Gasteiger partial charge on any atom is 0.338 e. The lowest BCUT2D eigenvalue weighted by Gasteiger charge is -2.25. The number of carbonyl (C=O) groups excluding carboxylic acids is 1. The number of fused-ring (bicyclic) bond motifs is 1. The molecular formula is C32H33N3O5S. The van der Waals surface area contributed by atoms with Crippen molar-refractivity contribution in [3.63, 3.8) is 0 Å². The molecule has 3 heterocycles. The van der Waals surface area contributed by atoms with Crippen LogP contribution in [0.2, 0.25) is 0 Å². The van der Waals surface area contributed by atoms with Gasteiger partial charge in [0.1, 0.15) is 0 Å². The molecule has 4 aromatic rings. The molecule has 2 aromatic heterocycles. The molecule has 2 aromatic carbocycles. The van der Waals surface area contributed by atoms with Gasteiger partial charge in [-0.25, -0.2) is 9.79 Å². The SMILES string of the molecule is CCOC(=O)C1=C(C)N=c2sc(=Cc3cc(C)n(-c4ccc(C)cc4)c3C)c(=O)n2C1c1ccc(OC)c(OC)c1. The number of thiazole rings is 1. The molecule has 0 spiro atoms. The molecule has 0 amide bonds. The third-order valence-corrected chi connectivity index (χ3v) is 8.27. The number of ether oxygens (including phenoxy) is 3. The molecule has 1 unspecified atom stereocenters. The number of benzene rings is 2. The Kier molecular flexibility index (Phi) is 7.73. The summed E-state index contributed by atoms with van der Waals surface area (Å²) in [6, 6.07) is 15.1. The van der Waals surface area contributed by atoms with Gasteiger partial charge in [-0.1, -0.05) is 35.1 Å². The van der Waals surface area contributed by atoms with Gasteiger partial charge in [0.25, 0.3) is 5.56 Å². The average Bonchev–Trinajstić information content (AvgIpc) is 3.41. The van der Waals surface area contributed by atoms with E-state index >= 15 is 0 Å². The topological polar surface area (TPSA) is 84.1 Å².